The van der Waals surface area contributed by atoms with Gasteiger partial charge in [0, 0.05) is 18.0 Å². The van der Waals surface area contributed by atoms with Crippen LogP contribution in [0.2, 0.25) is 0 Å². The highest BCUT2D eigenvalue weighted by Gasteiger charge is 2.22. The highest BCUT2D eigenvalue weighted by atomic mass is 32.2. The van der Waals surface area contributed by atoms with Gasteiger partial charge in [-0.2, -0.15) is 4.31 Å². The van der Waals surface area contributed by atoms with Crippen molar-refractivity contribution >= 4 is 27.1 Å². The van der Waals surface area contributed by atoms with Crippen molar-refractivity contribution in [1.29, 1.82) is 0 Å². The highest BCUT2D eigenvalue weighted by Crippen LogP contribution is 2.18. The maximum absolute atomic E-state index is 12.4. The van der Waals surface area contributed by atoms with E-state index in [1.807, 2.05) is 0 Å². The summed E-state index contributed by atoms with van der Waals surface area (Å²) in [6, 6.07) is 6.05. The summed E-state index contributed by atoms with van der Waals surface area (Å²) in [5.41, 5.74) is 2.74. The number of nitrogens with zero attached hydrogens (tertiary/aromatic N) is 2. The van der Waals surface area contributed by atoms with E-state index in [0.717, 1.165) is 0 Å². The van der Waals surface area contributed by atoms with Crippen LogP contribution >= 0.6 is 11.3 Å². The number of aromatic nitrogens is 1. The number of hydrogen-bond acceptors (Lipinski definition) is 5. The summed E-state index contributed by atoms with van der Waals surface area (Å²) in [6.45, 7) is 1.61. The highest BCUT2D eigenvalue weighted by molar-refractivity contribution is 7.89. The summed E-state index contributed by atoms with van der Waals surface area (Å²) in [6.07, 6.45) is 0. The Kier molecular flexibility index (Phi) is 4.32. The molecule has 1 heterocycles. The Morgan fingerprint density at radius 1 is 1.40 bits per heavy atom. The Bertz CT molecular complexity index is 709. The van der Waals surface area contributed by atoms with E-state index in [1.165, 1.54) is 41.7 Å². The molecule has 1 aromatic carbocycles. The van der Waals surface area contributed by atoms with Crippen LogP contribution in [-0.2, 0) is 16.6 Å². The Labute approximate surface area is 121 Å². The third-order valence-electron chi connectivity index (χ3n) is 2.82. The first kappa shape index (κ1) is 14.8. The molecule has 0 spiro atoms. The molecule has 0 saturated carbocycles. The fourth-order valence-corrected chi connectivity index (χ4v) is 3.42. The van der Waals surface area contributed by atoms with Gasteiger partial charge in [-0.15, -0.1) is 11.3 Å². The van der Waals surface area contributed by atoms with Gasteiger partial charge in [-0.3, -0.25) is 4.79 Å². The van der Waals surface area contributed by atoms with Crippen molar-refractivity contribution in [2.24, 2.45) is 0 Å². The van der Waals surface area contributed by atoms with E-state index >= 15 is 0 Å². The van der Waals surface area contributed by atoms with E-state index in [-0.39, 0.29) is 17.2 Å². The van der Waals surface area contributed by atoms with Crippen LogP contribution in [0.4, 0.5) is 0 Å². The molecule has 0 aliphatic heterocycles. The first-order valence-electron chi connectivity index (χ1n) is 5.85. The summed E-state index contributed by atoms with van der Waals surface area (Å²) in [4.78, 5) is 15.5. The molecular formula is C13H14N2O3S2. The summed E-state index contributed by atoms with van der Waals surface area (Å²) < 4.78 is 26.1. The predicted octanol–water partition coefficient (Wildman–Crippen LogP) is 2.17. The van der Waals surface area contributed by atoms with Crippen LogP contribution in [0, 0.1) is 0 Å². The van der Waals surface area contributed by atoms with Gasteiger partial charge in [0.25, 0.3) is 0 Å². The smallest absolute Gasteiger partial charge is 0.243 e. The number of hydrogen-bond donors (Lipinski definition) is 0. The van der Waals surface area contributed by atoms with Crippen LogP contribution in [-0.4, -0.2) is 30.5 Å². The van der Waals surface area contributed by atoms with Crippen molar-refractivity contribution in [1.82, 2.24) is 9.29 Å². The third-order valence-corrected chi connectivity index (χ3v) is 5.25. The van der Waals surface area contributed by atoms with Crippen LogP contribution in [0.1, 0.15) is 23.0 Å². The Morgan fingerprint density at radius 3 is 2.75 bits per heavy atom. The fraction of sp³-hybridized carbons (Fsp3) is 0.231. The molecule has 0 radical (unpaired) electrons. The standard InChI is InChI=1S/C13H14N2O3S2/c1-10(16)11-4-3-5-13(6-11)20(17,18)15(2)7-12-8-19-9-14-12/h3-6,8-9H,7H2,1-2H3. The average Bonchev–Trinajstić information content (AvgIpc) is 2.91. The van der Waals surface area contributed by atoms with E-state index in [2.05, 4.69) is 4.98 Å². The van der Waals surface area contributed by atoms with Gasteiger partial charge in [0.1, 0.15) is 0 Å². The van der Waals surface area contributed by atoms with Crippen molar-refractivity contribution in [2.45, 2.75) is 18.4 Å². The minimum absolute atomic E-state index is 0.114. The zero-order valence-electron chi connectivity index (χ0n) is 11.1. The SMILES string of the molecule is CC(=O)c1cccc(S(=O)(=O)N(C)Cc2cscn2)c1. The molecule has 0 atom stereocenters. The van der Waals surface area contributed by atoms with Gasteiger partial charge in [0.15, 0.2) is 5.78 Å². The Morgan fingerprint density at radius 2 is 2.15 bits per heavy atom. The van der Waals surface area contributed by atoms with Gasteiger partial charge in [-0.25, -0.2) is 13.4 Å². The molecule has 0 aliphatic carbocycles. The summed E-state index contributed by atoms with van der Waals surface area (Å²) in [5.74, 6) is -0.163. The molecule has 0 N–H and O–H groups in total. The summed E-state index contributed by atoms with van der Waals surface area (Å²) >= 11 is 1.42. The lowest BCUT2D eigenvalue weighted by Gasteiger charge is -2.16. The number of ketones is 1. The van der Waals surface area contributed by atoms with E-state index in [4.69, 9.17) is 0 Å². The lowest BCUT2D eigenvalue weighted by atomic mass is 10.2. The van der Waals surface area contributed by atoms with Gasteiger partial charge >= 0.3 is 0 Å². The normalized spacial score (nSPS) is 11.8. The van der Waals surface area contributed by atoms with Crippen LogP contribution < -0.4 is 0 Å². The molecule has 0 fully saturated rings. The minimum atomic E-state index is -3.63. The van der Waals surface area contributed by atoms with E-state index < -0.39 is 10.0 Å². The zero-order chi connectivity index (χ0) is 14.8. The number of carbonyl (C=O) groups excluding carboxylic acids is 1. The van der Waals surface area contributed by atoms with Crippen molar-refractivity contribution in [3.63, 3.8) is 0 Å². The molecule has 106 valence electrons. The molecule has 20 heavy (non-hydrogen) atoms. The molecule has 0 saturated heterocycles. The zero-order valence-corrected chi connectivity index (χ0v) is 12.7. The van der Waals surface area contributed by atoms with Crippen molar-refractivity contribution in [3.8, 4) is 0 Å². The summed E-state index contributed by atoms with van der Waals surface area (Å²) in [5, 5.41) is 1.80. The molecule has 0 unspecified atom stereocenters. The number of carbonyl (C=O) groups is 1. The quantitative estimate of drug-likeness (QED) is 0.794. The third kappa shape index (κ3) is 3.12. The van der Waals surface area contributed by atoms with E-state index in [1.54, 1.807) is 23.0 Å². The molecule has 1 aromatic heterocycles. The van der Waals surface area contributed by atoms with Crippen molar-refractivity contribution < 1.29 is 13.2 Å². The molecule has 5 nitrogen and oxygen atoms in total. The lowest BCUT2D eigenvalue weighted by Crippen LogP contribution is -2.26. The number of rotatable bonds is 5. The first-order valence-corrected chi connectivity index (χ1v) is 8.24. The second-order valence-corrected chi connectivity index (χ2v) is 7.09. The van der Waals surface area contributed by atoms with Crippen LogP contribution in [0.25, 0.3) is 0 Å². The Hall–Kier alpha value is -1.57. The molecule has 7 heteroatoms. The van der Waals surface area contributed by atoms with Gasteiger partial charge in [0.05, 0.1) is 22.6 Å². The van der Waals surface area contributed by atoms with Gasteiger partial charge < -0.3 is 0 Å². The number of Topliss-reactive ketones (excluding diaryl/α,β-unsaturated/α-hetero) is 1. The van der Waals surface area contributed by atoms with Crippen LogP contribution in [0.3, 0.4) is 0 Å². The Balaban J connectivity index is 2.29. The molecule has 0 aliphatic rings. The van der Waals surface area contributed by atoms with Crippen molar-refractivity contribution in [2.75, 3.05) is 7.05 Å². The van der Waals surface area contributed by atoms with E-state index in [0.29, 0.717) is 11.3 Å². The topological polar surface area (TPSA) is 67.3 Å². The lowest BCUT2D eigenvalue weighted by molar-refractivity contribution is 0.101. The monoisotopic (exact) mass is 310 g/mol. The number of sulfonamides is 1. The van der Waals surface area contributed by atoms with Gasteiger partial charge in [-0.05, 0) is 19.1 Å². The van der Waals surface area contributed by atoms with Gasteiger partial charge in [0.2, 0.25) is 10.0 Å². The molecule has 2 aromatic rings. The van der Waals surface area contributed by atoms with Gasteiger partial charge in [-0.1, -0.05) is 12.1 Å². The average molecular weight is 310 g/mol. The largest absolute Gasteiger partial charge is 0.295 e. The number of benzene rings is 1. The molecular weight excluding hydrogens is 296 g/mol. The molecule has 0 amide bonds. The molecule has 0 bridgehead atoms. The maximum atomic E-state index is 12.4. The summed E-state index contributed by atoms with van der Waals surface area (Å²) in [7, 11) is -2.13. The predicted molar refractivity (Wildman–Crippen MR) is 77.2 cm³/mol. The second kappa shape index (κ2) is 5.82. The molecule has 2 rings (SSSR count). The second-order valence-electron chi connectivity index (χ2n) is 4.32. The van der Waals surface area contributed by atoms with E-state index in [9.17, 15) is 13.2 Å². The number of thiazole rings is 1. The van der Waals surface area contributed by atoms with Crippen LogP contribution in [0.5, 0.6) is 0 Å². The first-order chi connectivity index (χ1) is 9.41. The fourth-order valence-electron chi connectivity index (χ4n) is 1.68. The maximum Gasteiger partial charge on any atom is 0.243 e. The van der Waals surface area contributed by atoms with Crippen LogP contribution in [0.15, 0.2) is 40.1 Å². The minimum Gasteiger partial charge on any atom is -0.295 e. The van der Waals surface area contributed by atoms with Crippen molar-refractivity contribution in [3.05, 3.63) is 46.4 Å².